The van der Waals surface area contributed by atoms with Crippen LogP contribution in [0.4, 0.5) is 0 Å². The molecule has 102 valence electrons. The summed E-state index contributed by atoms with van der Waals surface area (Å²) in [6.07, 6.45) is 19.3. The van der Waals surface area contributed by atoms with Crippen molar-refractivity contribution < 1.29 is 0 Å². The maximum absolute atomic E-state index is 5.79. The van der Waals surface area contributed by atoms with E-state index in [0.717, 1.165) is 6.42 Å². The van der Waals surface area contributed by atoms with E-state index < -0.39 is 0 Å². The summed E-state index contributed by atoms with van der Waals surface area (Å²) >= 11 is 0. The van der Waals surface area contributed by atoms with Gasteiger partial charge in [0.25, 0.3) is 0 Å². The largest absolute Gasteiger partial charge is 0.271 e. The molecule has 0 spiro atoms. The SMILES string of the molecule is NNC(CC1=CCCCC1)C1=CCCCCCC1. The Hall–Kier alpha value is -0.600. The average Bonchev–Trinajstić information content (AvgIpc) is 2.37. The van der Waals surface area contributed by atoms with Gasteiger partial charge in [0.1, 0.15) is 0 Å². The van der Waals surface area contributed by atoms with E-state index in [1.54, 1.807) is 11.1 Å². The molecule has 2 nitrogen and oxygen atoms in total. The predicted molar refractivity (Wildman–Crippen MR) is 78.1 cm³/mol. The van der Waals surface area contributed by atoms with Crippen LogP contribution < -0.4 is 11.3 Å². The lowest BCUT2D eigenvalue weighted by Crippen LogP contribution is -2.37. The van der Waals surface area contributed by atoms with Crippen molar-refractivity contribution in [2.45, 2.75) is 76.7 Å². The highest BCUT2D eigenvalue weighted by molar-refractivity contribution is 5.17. The zero-order chi connectivity index (χ0) is 12.6. The first-order valence-electron chi connectivity index (χ1n) is 7.73. The number of nitrogens with two attached hydrogens (primary N) is 1. The molecule has 0 aromatic rings. The van der Waals surface area contributed by atoms with Crippen molar-refractivity contribution in [3.05, 3.63) is 23.3 Å². The Balaban J connectivity index is 1.95. The molecule has 18 heavy (non-hydrogen) atoms. The van der Waals surface area contributed by atoms with Gasteiger partial charge in [-0.3, -0.25) is 11.3 Å². The molecular weight excluding hydrogens is 220 g/mol. The molecule has 3 N–H and O–H groups in total. The second kappa shape index (κ2) is 7.75. The molecule has 0 aromatic carbocycles. The summed E-state index contributed by atoms with van der Waals surface area (Å²) in [5.74, 6) is 5.79. The van der Waals surface area contributed by atoms with E-state index in [0.29, 0.717) is 6.04 Å². The summed E-state index contributed by atoms with van der Waals surface area (Å²) in [5.41, 5.74) is 6.23. The first kappa shape index (κ1) is 13.8. The summed E-state index contributed by atoms with van der Waals surface area (Å²) < 4.78 is 0. The van der Waals surface area contributed by atoms with Crippen LogP contribution in [-0.2, 0) is 0 Å². The molecular formula is C16H28N2. The highest BCUT2D eigenvalue weighted by Crippen LogP contribution is 2.26. The van der Waals surface area contributed by atoms with E-state index in [9.17, 15) is 0 Å². The number of hydrogen-bond donors (Lipinski definition) is 2. The van der Waals surface area contributed by atoms with E-state index in [4.69, 9.17) is 5.84 Å². The van der Waals surface area contributed by atoms with Gasteiger partial charge in [-0.1, -0.05) is 36.1 Å². The molecule has 0 bridgehead atoms. The van der Waals surface area contributed by atoms with Crippen LogP contribution in [0.2, 0.25) is 0 Å². The Morgan fingerprint density at radius 1 is 0.944 bits per heavy atom. The van der Waals surface area contributed by atoms with Gasteiger partial charge >= 0.3 is 0 Å². The number of nitrogens with one attached hydrogen (secondary N) is 1. The zero-order valence-electron chi connectivity index (χ0n) is 11.6. The Morgan fingerprint density at radius 2 is 1.67 bits per heavy atom. The quantitative estimate of drug-likeness (QED) is 0.448. The summed E-state index contributed by atoms with van der Waals surface area (Å²) in [5, 5.41) is 0. The summed E-state index contributed by atoms with van der Waals surface area (Å²) in [7, 11) is 0. The maximum atomic E-state index is 5.79. The summed E-state index contributed by atoms with van der Waals surface area (Å²) in [4.78, 5) is 0. The van der Waals surface area contributed by atoms with Gasteiger partial charge in [-0.2, -0.15) is 0 Å². The van der Waals surface area contributed by atoms with Crippen LogP contribution in [0.1, 0.15) is 70.6 Å². The molecule has 1 unspecified atom stereocenters. The standard InChI is InChI=1S/C16H28N2/c17-18-16(13-14-9-5-4-6-10-14)15-11-7-2-1-3-8-12-15/h9,11,16,18H,1-8,10,12-13,17H2. The minimum absolute atomic E-state index is 0.382. The third kappa shape index (κ3) is 4.25. The normalized spacial score (nSPS) is 23.6. The van der Waals surface area contributed by atoms with Crippen molar-refractivity contribution in [2.24, 2.45) is 5.84 Å². The molecule has 0 amide bonds. The first-order valence-corrected chi connectivity index (χ1v) is 7.73. The molecule has 2 aliphatic carbocycles. The van der Waals surface area contributed by atoms with E-state index >= 15 is 0 Å². The molecule has 0 heterocycles. The third-order valence-corrected chi connectivity index (χ3v) is 4.33. The van der Waals surface area contributed by atoms with Crippen molar-refractivity contribution in [2.75, 3.05) is 0 Å². The van der Waals surface area contributed by atoms with Crippen LogP contribution in [0.25, 0.3) is 0 Å². The van der Waals surface area contributed by atoms with Crippen molar-refractivity contribution in [3.8, 4) is 0 Å². The molecule has 2 rings (SSSR count). The van der Waals surface area contributed by atoms with Crippen molar-refractivity contribution in [3.63, 3.8) is 0 Å². The number of rotatable bonds is 4. The smallest absolute Gasteiger partial charge is 0.0456 e. The van der Waals surface area contributed by atoms with E-state index in [1.165, 1.54) is 64.2 Å². The van der Waals surface area contributed by atoms with Crippen molar-refractivity contribution >= 4 is 0 Å². The Labute approximate surface area is 112 Å². The summed E-state index contributed by atoms with van der Waals surface area (Å²) in [6, 6.07) is 0.382. The Kier molecular flexibility index (Phi) is 5.95. The van der Waals surface area contributed by atoms with Crippen LogP contribution in [0.5, 0.6) is 0 Å². The van der Waals surface area contributed by atoms with Crippen LogP contribution in [0, 0.1) is 0 Å². The second-order valence-corrected chi connectivity index (χ2v) is 5.76. The zero-order valence-corrected chi connectivity index (χ0v) is 11.6. The van der Waals surface area contributed by atoms with Crippen LogP contribution in [-0.4, -0.2) is 6.04 Å². The average molecular weight is 248 g/mol. The molecule has 0 aromatic heterocycles. The molecule has 0 fully saturated rings. The van der Waals surface area contributed by atoms with Gasteiger partial charge in [-0.25, -0.2) is 0 Å². The molecule has 0 saturated heterocycles. The lowest BCUT2D eigenvalue weighted by molar-refractivity contribution is 0.522. The van der Waals surface area contributed by atoms with Gasteiger partial charge in [0, 0.05) is 6.04 Å². The molecule has 0 radical (unpaired) electrons. The van der Waals surface area contributed by atoms with Gasteiger partial charge in [0.2, 0.25) is 0 Å². The number of hydrogen-bond acceptors (Lipinski definition) is 2. The van der Waals surface area contributed by atoms with Crippen LogP contribution in [0.15, 0.2) is 23.3 Å². The molecule has 2 aliphatic rings. The number of hydrazine groups is 1. The van der Waals surface area contributed by atoms with E-state index in [2.05, 4.69) is 17.6 Å². The maximum Gasteiger partial charge on any atom is 0.0456 e. The number of allylic oxidation sites excluding steroid dienone is 2. The van der Waals surface area contributed by atoms with Crippen LogP contribution >= 0.6 is 0 Å². The van der Waals surface area contributed by atoms with Gasteiger partial charge in [-0.15, -0.1) is 0 Å². The van der Waals surface area contributed by atoms with Crippen molar-refractivity contribution in [1.29, 1.82) is 0 Å². The minimum Gasteiger partial charge on any atom is -0.271 e. The van der Waals surface area contributed by atoms with Gasteiger partial charge in [-0.05, 0) is 57.8 Å². The molecule has 0 aliphatic heterocycles. The lowest BCUT2D eigenvalue weighted by Gasteiger charge is -2.24. The minimum atomic E-state index is 0.382. The first-order chi connectivity index (χ1) is 8.90. The monoisotopic (exact) mass is 248 g/mol. The van der Waals surface area contributed by atoms with E-state index in [1.807, 2.05) is 0 Å². The van der Waals surface area contributed by atoms with Gasteiger partial charge < -0.3 is 0 Å². The fourth-order valence-electron chi connectivity index (χ4n) is 3.18. The second-order valence-electron chi connectivity index (χ2n) is 5.76. The Morgan fingerprint density at radius 3 is 2.44 bits per heavy atom. The molecule has 0 saturated carbocycles. The fraction of sp³-hybridized carbons (Fsp3) is 0.750. The fourth-order valence-corrected chi connectivity index (χ4v) is 3.18. The van der Waals surface area contributed by atoms with Gasteiger partial charge in [0.15, 0.2) is 0 Å². The molecule has 2 heteroatoms. The highest BCUT2D eigenvalue weighted by Gasteiger charge is 2.16. The van der Waals surface area contributed by atoms with E-state index in [-0.39, 0.29) is 0 Å². The van der Waals surface area contributed by atoms with Gasteiger partial charge in [0.05, 0.1) is 0 Å². The summed E-state index contributed by atoms with van der Waals surface area (Å²) in [6.45, 7) is 0. The lowest BCUT2D eigenvalue weighted by atomic mass is 9.88. The molecule has 1 atom stereocenters. The third-order valence-electron chi connectivity index (χ3n) is 4.33. The topological polar surface area (TPSA) is 38.0 Å². The highest BCUT2D eigenvalue weighted by atomic mass is 15.2. The predicted octanol–water partition coefficient (Wildman–Crippen LogP) is 3.99. The van der Waals surface area contributed by atoms with Crippen molar-refractivity contribution in [1.82, 2.24) is 5.43 Å². The Bertz CT molecular complexity index is 304. The van der Waals surface area contributed by atoms with Crippen LogP contribution in [0.3, 0.4) is 0 Å².